The van der Waals surface area contributed by atoms with Gasteiger partial charge in [-0.05, 0) is 55.4 Å². The van der Waals surface area contributed by atoms with Gasteiger partial charge in [-0.2, -0.15) is 0 Å². The van der Waals surface area contributed by atoms with Crippen molar-refractivity contribution >= 4 is 10.1 Å². The molecule has 0 amide bonds. The molecule has 0 aromatic rings. The van der Waals surface area contributed by atoms with E-state index in [1.807, 2.05) is 0 Å². The van der Waals surface area contributed by atoms with Gasteiger partial charge in [-0.1, -0.05) is 0 Å². The first-order valence-corrected chi connectivity index (χ1v) is 10.9. The second-order valence-electron chi connectivity index (χ2n) is 5.92. The fourth-order valence-corrected chi connectivity index (χ4v) is 2.68. The second-order valence-corrected chi connectivity index (χ2v) is 7.33. The summed E-state index contributed by atoms with van der Waals surface area (Å²) < 4.78 is 29.8. The smallest absolute Gasteiger partial charge is 0.0916 e. The fourth-order valence-electron chi connectivity index (χ4n) is 2.68. The predicted octanol–water partition coefficient (Wildman–Crippen LogP) is -0.0690. The topological polar surface area (TPSA) is 57.2 Å². The Balaban J connectivity index is -0.000000128. The highest BCUT2D eigenvalue weighted by Gasteiger charge is 2.16. The zero-order valence-corrected chi connectivity index (χ0v) is 19.1. The van der Waals surface area contributed by atoms with Crippen molar-refractivity contribution in [2.75, 3.05) is 58.6 Å². The summed E-state index contributed by atoms with van der Waals surface area (Å²) in [5.74, 6) is 0. The van der Waals surface area contributed by atoms with Gasteiger partial charge < -0.3 is 25.9 Å². The molecule has 0 aliphatic heterocycles. The summed E-state index contributed by atoms with van der Waals surface area (Å²) in [6, 6.07) is 0. The molecule has 0 heterocycles. The van der Waals surface area contributed by atoms with Crippen LogP contribution >= 0.6 is 0 Å². The maximum atomic E-state index is 9.08. The molecule has 0 saturated carbocycles. The monoisotopic (exact) mass is 390 g/mol. The van der Waals surface area contributed by atoms with Crippen LogP contribution in [0, 0.1) is 0 Å². The van der Waals surface area contributed by atoms with Crippen molar-refractivity contribution in [3.8, 4) is 0 Å². The minimum Gasteiger partial charge on any atom is -1.00 e. The highest BCUT2D eigenvalue weighted by atomic mass is 35.5. The Morgan fingerprint density at radius 1 is 0.583 bits per heavy atom. The molecule has 0 saturated heterocycles. The van der Waals surface area contributed by atoms with Crippen LogP contribution < -0.4 is 12.4 Å². The van der Waals surface area contributed by atoms with Crippen molar-refractivity contribution in [3.05, 3.63) is 0 Å². The van der Waals surface area contributed by atoms with Crippen LogP contribution in [0.1, 0.15) is 55.4 Å². The van der Waals surface area contributed by atoms with Crippen molar-refractivity contribution in [2.24, 2.45) is 0 Å². The number of hydrogen-bond acceptors (Lipinski definition) is 3. The minimum absolute atomic E-state index is 0. The molecule has 0 aliphatic rings. The summed E-state index contributed by atoms with van der Waals surface area (Å²) in [6.45, 7) is 28.4. The first-order chi connectivity index (χ1) is 10.5. The van der Waals surface area contributed by atoms with Crippen LogP contribution in [0.5, 0.6) is 0 Å². The summed E-state index contributed by atoms with van der Waals surface area (Å²) in [4.78, 5) is 0. The van der Waals surface area contributed by atoms with Gasteiger partial charge in [0, 0.05) is 6.26 Å². The van der Waals surface area contributed by atoms with E-state index in [1.54, 1.807) is 0 Å². The van der Waals surface area contributed by atoms with Gasteiger partial charge in [-0.25, -0.2) is 8.42 Å². The average Bonchev–Trinajstić information content (AvgIpc) is 2.52. The molecule has 0 unspecified atom stereocenters. The Kier molecular flexibility index (Phi) is 22.0. The maximum absolute atomic E-state index is 9.08. The van der Waals surface area contributed by atoms with Crippen molar-refractivity contribution in [1.82, 2.24) is 0 Å². The van der Waals surface area contributed by atoms with E-state index in [2.05, 4.69) is 55.4 Å². The average molecular weight is 391 g/mol. The minimum atomic E-state index is -3.92. The van der Waals surface area contributed by atoms with Gasteiger partial charge in [-0.15, -0.1) is 0 Å². The van der Waals surface area contributed by atoms with Gasteiger partial charge in [0.1, 0.15) is 0 Å². The molecule has 0 aromatic heterocycles. The van der Waals surface area contributed by atoms with Crippen molar-refractivity contribution in [2.45, 2.75) is 55.4 Å². The van der Waals surface area contributed by atoms with Crippen molar-refractivity contribution in [3.63, 3.8) is 0 Å². The Bertz CT molecular complexity index is 292. The number of nitrogens with zero attached hydrogens (tertiary/aromatic N) is 2. The molecule has 7 heteroatoms. The Morgan fingerprint density at radius 2 is 0.667 bits per heavy atom. The molecule has 0 aromatic carbocycles. The molecule has 0 aliphatic carbocycles. The van der Waals surface area contributed by atoms with Crippen LogP contribution in [0.15, 0.2) is 0 Å². The third-order valence-electron chi connectivity index (χ3n) is 5.37. The number of hydrogen-bond donors (Lipinski definition) is 0. The first-order valence-electron chi connectivity index (χ1n) is 9.09. The van der Waals surface area contributed by atoms with E-state index in [0.29, 0.717) is 6.26 Å². The van der Waals surface area contributed by atoms with Crippen molar-refractivity contribution in [1.29, 1.82) is 0 Å². The maximum Gasteiger partial charge on any atom is 0.0916 e. The van der Waals surface area contributed by atoms with Crippen LogP contribution in [-0.4, -0.2) is 80.6 Å². The Labute approximate surface area is 158 Å². The Hall–Kier alpha value is 0.120. The SMILES string of the molecule is CC[N+](CC)(CC)CC.CC[N+](CC)(CC)CC.CS(=O)(=O)[O-].[Cl-]. The molecule has 5 nitrogen and oxygen atoms in total. The summed E-state index contributed by atoms with van der Waals surface area (Å²) in [7, 11) is -3.92. The molecular weight excluding hydrogens is 348 g/mol. The van der Waals surface area contributed by atoms with E-state index in [-0.39, 0.29) is 12.4 Å². The number of halogens is 1. The molecule has 0 atom stereocenters. The van der Waals surface area contributed by atoms with Gasteiger partial charge in [0.2, 0.25) is 0 Å². The lowest BCUT2D eigenvalue weighted by atomic mass is 10.3. The summed E-state index contributed by atoms with van der Waals surface area (Å²) in [6.07, 6.45) is 0.604. The van der Waals surface area contributed by atoms with Crippen LogP contribution in [0.4, 0.5) is 0 Å². The van der Waals surface area contributed by atoms with E-state index >= 15 is 0 Å². The van der Waals surface area contributed by atoms with Crippen LogP contribution in [-0.2, 0) is 10.1 Å². The molecule has 0 fully saturated rings. The lowest BCUT2D eigenvalue weighted by Crippen LogP contribution is -3.00. The molecule has 0 spiro atoms. The van der Waals surface area contributed by atoms with E-state index in [1.165, 1.54) is 61.3 Å². The molecule has 0 N–H and O–H groups in total. The zero-order valence-electron chi connectivity index (χ0n) is 17.6. The van der Waals surface area contributed by atoms with Gasteiger partial charge in [0.25, 0.3) is 0 Å². The lowest BCUT2D eigenvalue weighted by Gasteiger charge is -2.34. The molecule has 0 radical (unpaired) electrons. The van der Waals surface area contributed by atoms with Crippen LogP contribution in [0.2, 0.25) is 0 Å². The standard InChI is InChI=1S/2C8H20N.CH4O3S.ClH/c2*1-5-9(6-2,7-3)8-4;1-5(2,3)4;/h2*5-8H2,1-4H3;1H3,(H,2,3,4);1H/q2*+1;;/p-2. The first kappa shape index (κ1) is 31.8. The second kappa shape index (κ2) is 16.6. The third kappa shape index (κ3) is 17.0. The summed E-state index contributed by atoms with van der Waals surface area (Å²) in [5, 5.41) is 0. The van der Waals surface area contributed by atoms with Gasteiger partial charge in [0.15, 0.2) is 0 Å². The number of quaternary nitrogens is 2. The molecule has 0 rings (SSSR count). The van der Waals surface area contributed by atoms with E-state index in [4.69, 9.17) is 13.0 Å². The fraction of sp³-hybridized carbons (Fsp3) is 1.00. The van der Waals surface area contributed by atoms with Gasteiger partial charge >= 0.3 is 0 Å². The van der Waals surface area contributed by atoms with E-state index < -0.39 is 10.1 Å². The third-order valence-corrected chi connectivity index (χ3v) is 5.37. The number of rotatable bonds is 8. The van der Waals surface area contributed by atoms with Crippen molar-refractivity contribution < 1.29 is 34.3 Å². The largest absolute Gasteiger partial charge is 1.00 e. The zero-order chi connectivity index (χ0) is 19.2. The van der Waals surface area contributed by atoms with Gasteiger partial charge in [-0.3, -0.25) is 0 Å². The molecule has 24 heavy (non-hydrogen) atoms. The lowest BCUT2D eigenvalue weighted by molar-refractivity contribution is -0.921. The van der Waals surface area contributed by atoms with Crippen LogP contribution in [0.3, 0.4) is 0 Å². The van der Waals surface area contributed by atoms with Crippen LogP contribution in [0.25, 0.3) is 0 Å². The quantitative estimate of drug-likeness (QED) is 0.430. The molecule has 0 bridgehead atoms. The predicted molar refractivity (Wildman–Crippen MR) is 100 cm³/mol. The van der Waals surface area contributed by atoms with Gasteiger partial charge in [0.05, 0.1) is 62.5 Å². The summed E-state index contributed by atoms with van der Waals surface area (Å²) in [5.41, 5.74) is 0. The summed E-state index contributed by atoms with van der Waals surface area (Å²) >= 11 is 0. The normalized spacial score (nSPS) is 11.4. The molecule has 152 valence electrons. The highest BCUT2D eigenvalue weighted by Crippen LogP contribution is 2.03. The highest BCUT2D eigenvalue weighted by molar-refractivity contribution is 7.84. The van der Waals surface area contributed by atoms with E-state index in [0.717, 1.165) is 0 Å². The Morgan fingerprint density at radius 3 is 0.667 bits per heavy atom. The molecular formula is C17H43ClN2O3S. The van der Waals surface area contributed by atoms with E-state index in [9.17, 15) is 0 Å².